The van der Waals surface area contributed by atoms with Gasteiger partial charge in [0.2, 0.25) is 5.91 Å². The molecule has 3 N–H and O–H groups in total. The van der Waals surface area contributed by atoms with Crippen LogP contribution >= 0.6 is 0 Å². The first-order chi connectivity index (χ1) is 9.15. The molecule has 2 rings (SSSR count). The van der Waals surface area contributed by atoms with Gasteiger partial charge in [0.1, 0.15) is 23.5 Å². The normalized spacial score (nSPS) is 19.3. The number of rotatable bonds is 4. The van der Waals surface area contributed by atoms with Crippen molar-refractivity contribution in [2.75, 3.05) is 37.0 Å². The highest BCUT2D eigenvalue weighted by Gasteiger charge is 2.29. The van der Waals surface area contributed by atoms with Crippen molar-refractivity contribution in [2.45, 2.75) is 19.4 Å². The van der Waals surface area contributed by atoms with E-state index in [1.54, 1.807) is 7.05 Å². The highest BCUT2D eigenvalue weighted by Crippen LogP contribution is 2.20. The second kappa shape index (κ2) is 5.83. The van der Waals surface area contributed by atoms with Gasteiger partial charge in [0.15, 0.2) is 0 Å². The monoisotopic (exact) mass is 265 g/mol. The van der Waals surface area contributed by atoms with Crippen LogP contribution in [0.3, 0.4) is 0 Å². The molecule has 0 saturated carbocycles. The molecule has 104 valence electrons. The van der Waals surface area contributed by atoms with Crippen LogP contribution in [0.1, 0.15) is 12.7 Å². The number of hydrogen-bond acceptors (Lipinski definition) is 6. The third-order valence-corrected chi connectivity index (χ3v) is 3.08. The van der Waals surface area contributed by atoms with Crippen LogP contribution in [0.2, 0.25) is 0 Å². The lowest BCUT2D eigenvalue weighted by atomic mass is 10.2. The Labute approximate surface area is 112 Å². The maximum Gasteiger partial charge on any atom is 0.242 e. The third kappa shape index (κ3) is 2.93. The zero-order chi connectivity index (χ0) is 13.8. The van der Waals surface area contributed by atoms with E-state index in [1.807, 2.05) is 17.9 Å². The smallest absolute Gasteiger partial charge is 0.242 e. The summed E-state index contributed by atoms with van der Waals surface area (Å²) >= 11 is 0. The summed E-state index contributed by atoms with van der Waals surface area (Å²) in [7, 11) is 1.80. The largest absolute Gasteiger partial charge is 0.377 e. The van der Waals surface area contributed by atoms with Gasteiger partial charge in [-0.25, -0.2) is 9.97 Å². The maximum absolute atomic E-state index is 11.5. The summed E-state index contributed by atoms with van der Waals surface area (Å²) in [5.74, 6) is 1.78. The molecule has 0 spiro atoms. The zero-order valence-electron chi connectivity index (χ0n) is 11.2. The molecule has 0 bridgehead atoms. The van der Waals surface area contributed by atoms with Crippen molar-refractivity contribution in [1.29, 1.82) is 0 Å². The van der Waals surface area contributed by atoms with E-state index in [0.29, 0.717) is 25.6 Å². The lowest BCUT2D eigenvalue weighted by molar-refractivity contribution is -0.121. The van der Waals surface area contributed by atoms with Crippen LogP contribution in [0, 0.1) is 0 Å². The summed E-state index contributed by atoms with van der Waals surface area (Å²) < 4.78 is 5.31. The highest BCUT2D eigenvalue weighted by atomic mass is 16.5. The van der Waals surface area contributed by atoms with E-state index in [4.69, 9.17) is 10.5 Å². The van der Waals surface area contributed by atoms with E-state index in [0.717, 1.165) is 18.1 Å². The topological polar surface area (TPSA) is 93.4 Å². The molecule has 0 aromatic carbocycles. The lowest BCUT2D eigenvalue weighted by Crippen LogP contribution is -2.53. The average Bonchev–Trinajstić information content (AvgIpc) is 2.46. The molecule has 1 saturated heterocycles. The van der Waals surface area contributed by atoms with Crippen molar-refractivity contribution in [2.24, 2.45) is 5.73 Å². The molecule has 1 aromatic rings. The third-order valence-electron chi connectivity index (χ3n) is 3.08. The number of nitrogens with zero attached hydrogens (tertiary/aromatic N) is 3. The molecule has 1 atom stereocenters. The molecule has 0 aliphatic carbocycles. The second-order valence-electron chi connectivity index (χ2n) is 4.32. The Kier molecular flexibility index (Phi) is 4.16. The standard InChI is InChI=1S/C12H19N5O2/c1-3-9-15-10(14-2)6-11(16-9)17-4-5-19-7-8(17)12(13)18/h6,8H,3-5,7H2,1-2H3,(H2,13,18)(H,14,15,16). The molecule has 1 aliphatic heterocycles. The number of morpholine rings is 1. The molecule has 1 aliphatic rings. The molecule has 1 amide bonds. The van der Waals surface area contributed by atoms with Gasteiger partial charge in [-0.2, -0.15) is 0 Å². The van der Waals surface area contributed by atoms with Crippen molar-refractivity contribution >= 4 is 17.5 Å². The fourth-order valence-corrected chi connectivity index (χ4v) is 2.03. The Morgan fingerprint density at radius 1 is 1.63 bits per heavy atom. The number of primary amides is 1. The number of ether oxygens (including phenoxy) is 1. The molecule has 1 aromatic heterocycles. The van der Waals surface area contributed by atoms with Gasteiger partial charge in [0.05, 0.1) is 13.2 Å². The summed E-state index contributed by atoms with van der Waals surface area (Å²) in [5, 5.41) is 3.00. The van der Waals surface area contributed by atoms with Crippen LogP contribution in [0.5, 0.6) is 0 Å². The van der Waals surface area contributed by atoms with Gasteiger partial charge in [-0.15, -0.1) is 0 Å². The number of nitrogens with two attached hydrogens (primary N) is 1. The van der Waals surface area contributed by atoms with Crippen LogP contribution in [-0.2, 0) is 16.0 Å². The summed E-state index contributed by atoms with van der Waals surface area (Å²) in [5.41, 5.74) is 5.42. The van der Waals surface area contributed by atoms with E-state index >= 15 is 0 Å². The fourth-order valence-electron chi connectivity index (χ4n) is 2.03. The number of nitrogens with one attached hydrogen (secondary N) is 1. The molecule has 7 nitrogen and oxygen atoms in total. The predicted molar refractivity (Wildman–Crippen MR) is 72.1 cm³/mol. The van der Waals surface area contributed by atoms with Crippen molar-refractivity contribution in [3.8, 4) is 0 Å². The minimum absolute atomic E-state index is 0.301. The molecule has 19 heavy (non-hydrogen) atoms. The Bertz CT molecular complexity index is 443. The number of aromatic nitrogens is 2. The quantitative estimate of drug-likeness (QED) is 0.781. The number of aryl methyl sites for hydroxylation is 1. The number of hydrogen-bond donors (Lipinski definition) is 2. The summed E-state index contributed by atoms with van der Waals surface area (Å²) in [6.07, 6.45) is 0.730. The van der Waals surface area contributed by atoms with E-state index in [-0.39, 0.29) is 0 Å². The van der Waals surface area contributed by atoms with E-state index in [9.17, 15) is 4.79 Å². The lowest BCUT2D eigenvalue weighted by Gasteiger charge is -2.34. The van der Waals surface area contributed by atoms with E-state index in [1.165, 1.54) is 0 Å². The van der Waals surface area contributed by atoms with Crippen molar-refractivity contribution in [3.63, 3.8) is 0 Å². The Balaban J connectivity index is 2.35. The van der Waals surface area contributed by atoms with E-state index < -0.39 is 11.9 Å². The number of anilines is 2. The maximum atomic E-state index is 11.5. The number of carbonyl (C=O) groups excluding carboxylic acids is 1. The van der Waals surface area contributed by atoms with Crippen LogP contribution in [-0.4, -0.2) is 48.7 Å². The second-order valence-corrected chi connectivity index (χ2v) is 4.32. The predicted octanol–water partition coefficient (Wildman–Crippen LogP) is -0.229. The highest BCUT2D eigenvalue weighted by molar-refractivity contribution is 5.83. The summed E-state index contributed by atoms with van der Waals surface area (Å²) in [6, 6.07) is 1.35. The SMILES string of the molecule is CCc1nc(NC)cc(N2CCOCC2C(N)=O)n1. The van der Waals surface area contributed by atoms with Gasteiger partial charge in [0, 0.05) is 26.1 Å². The number of amides is 1. The molecular weight excluding hydrogens is 246 g/mol. The van der Waals surface area contributed by atoms with Gasteiger partial charge in [-0.05, 0) is 0 Å². The van der Waals surface area contributed by atoms with Gasteiger partial charge in [0.25, 0.3) is 0 Å². The first-order valence-electron chi connectivity index (χ1n) is 6.35. The molecule has 2 heterocycles. The Morgan fingerprint density at radius 2 is 2.42 bits per heavy atom. The van der Waals surface area contributed by atoms with Crippen LogP contribution in [0.25, 0.3) is 0 Å². The average molecular weight is 265 g/mol. The van der Waals surface area contributed by atoms with Crippen LogP contribution in [0.4, 0.5) is 11.6 Å². The molecule has 1 fully saturated rings. The molecule has 0 radical (unpaired) electrons. The van der Waals surface area contributed by atoms with Gasteiger partial charge >= 0.3 is 0 Å². The van der Waals surface area contributed by atoms with Crippen molar-refractivity contribution < 1.29 is 9.53 Å². The first kappa shape index (κ1) is 13.5. The Morgan fingerprint density at radius 3 is 3.05 bits per heavy atom. The zero-order valence-corrected chi connectivity index (χ0v) is 11.2. The fraction of sp³-hybridized carbons (Fsp3) is 0.583. The first-order valence-corrected chi connectivity index (χ1v) is 6.35. The number of carbonyl (C=O) groups is 1. The van der Waals surface area contributed by atoms with Gasteiger partial charge < -0.3 is 20.7 Å². The minimum atomic E-state index is -0.474. The van der Waals surface area contributed by atoms with Crippen LogP contribution < -0.4 is 16.0 Å². The van der Waals surface area contributed by atoms with E-state index in [2.05, 4.69) is 15.3 Å². The molecular formula is C12H19N5O2. The van der Waals surface area contributed by atoms with Gasteiger partial charge in [-0.1, -0.05) is 6.92 Å². The van der Waals surface area contributed by atoms with Crippen molar-refractivity contribution in [3.05, 3.63) is 11.9 Å². The molecule has 1 unspecified atom stereocenters. The minimum Gasteiger partial charge on any atom is -0.377 e. The Hall–Kier alpha value is -1.89. The van der Waals surface area contributed by atoms with Crippen molar-refractivity contribution in [1.82, 2.24) is 9.97 Å². The summed E-state index contributed by atoms with van der Waals surface area (Å²) in [4.78, 5) is 22.2. The van der Waals surface area contributed by atoms with Crippen LogP contribution in [0.15, 0.2) is 6.07 Å². The molecule has 7 heteroatoms. The summed E-state index contributed by atoms with van der Waals surface area (Å²) in [6.45, 7) is 3.44. The van der Waals surface area contributed by atoms with Gasteiger partial charge in [-0.3, -0.25) is 4.79 Å².